The minimum absolute atomic E-state index is 0.276. The molecule has 0 unspecified atom stereocenters. The molecule has 7 heteroatoms. The minimum atomic E-state index is 0.276. The van der Waals surface area contributed by atoms with Crippen LogP contribution >= 0.6 is 15.9 Å². The summed E-state index contributed by atoms with van der Waals surface area (Å²) >= 11 is 3.45. The fourth-order valence-corrected chi connectivity index (χ4v) is 3.07. The lowest BCUT2D eigenvalue weighted by Crippen LogP contribution is -2.03. The zero-order chi connectivity index (χ0) is 18.8. The van der Waals surface area contributed by atoms with Crippen molar-refractivity contribution in [1.29, 1.82) is 0 Å². The maximum absolute atomic E-state index is 6.25. The Bertz CT molecular complexity index is 1130. The van der Waals surface area contributed by atoms with Crippen LogP contribution in [0.4, 0.5) is 17.2 Å². The molecule has 6 nitrogen and oxygen atoms in total. The average Bonchev–Trinajstić information content (AvgIpc) is 2.65. The fraction of sp³-hybridized carbons (Fsp3) is 0.0500. The van der Waals surface area contributed by atoms with Gasteiger partial charge in [-0.15, -0.1) is 0 Å². The van der Waals surface area contributed by atoms with E-state index in [2.05, 4.69) is 36.2 Å². The van der Waals surface area contributed by atoms with Gasteiger partial charge in [-0.25, -0.2) is 9.97 Å². The number of ether oxygens (including phenoxy) is 1. The monoisotopic (exact) mass is 421 g/mol. The van der Waals surface area contributed by atoms with Crippen molar-refractivity contribution >= 4 is 44.0 Å². The van der Waals surface area contributed by atoms with Crippen molar-refractivity contribution in [3.63, 3.8) is 0 Å². The van der Waals surface area contributed by atoms with Gasteiger partial charge < -0.3 is 15.8 Å². The molecule has 0 fully saturated rings. The number of rotatable bonds is 4. The predicted molar refractivity (Wildman–Crippen MR) is 110 cm³/mol. The van der Waals surface area contributed by atoms with Gasteiger partial charge in [0.25, 0.3) is 0 Å². The van der Waals surface area contributed by atoms with Crippen LogP contribution in [0.5, 0.6) is 11.6 Å². The highest BCUT2D eigenvalue weighted by Gasteiger charge is 2.13. The molecule has 0 aliphatic heterocycles. The number of anilines is 3. The first-order chi connectivity index (χ1) is 13.1. The molecule has 2 aromatic carbocycles. The summed E-state index contributed by atoms with van der Waals surface area (Å²) in [6.45, 7) is 1.94. The maximum Gasteiger partial charge on any atom is 0.248 e. The molecule has 0 saturated carbocycles. The van der Waals surface area contributed by atoms with E-state index >= 15 is 0 Å². The molecule has 134 valence electrons. The Labute approximate surface area is 164 Å². The number of nitrogens with zero attached hydrogens (tertiary/aromatic N) is 3. The number of nitrogen functional groups attached to an aromatic ring is 1. The Kier molecular flexibility index (Phi) is 4.60. The van der Waals surface area contributed by atoms with E-state index in [1.165, 1.54) is 6.33 Å². The van der Waals surface area contributed by atoms with Gasteiger partial charge in [-0.3, -0.25) is 0 Å². The molecule has 0 saturated heterocycles. The summed E-state index contributed by atoms with van der Waals surface area (Å²) in [5.74, 6) is 1.34. The zero-order valence-electron chi connectivity index (χ0n) is 14.5. The third-order valence-corrected chi connectivity index (χ3v) is 4.46. The van der Waals surface area contributed by atoms with E-state index in [1.54, 1.807) is 0 Å². The molecule has 0 amide bonds. The van der Waals surface area contributed by atoms with E-state index < -0.39 is 0 Å². The highest BCUT2D eigenvalue weighted by molar-refractivity contribution is 9.10. The summed E-state index contributed by atoms with van der Waals surface area (Å²) in [5.41, 5.74) is 9.09. The topological polar surface area (TPSA) is 86.0 Å². The zero-order valence-corrected chi connectivity index (χ0v) is 16.1. The van der Waals surface area contributed by atoms with Crippen LogP contribution in [0.2, 0.25) is 0 Å². The minimum Gasteiger partial charge on any atom is -0.435 e. The van der Waals surface area contributed by atoms with Gasteiger partial charge in [-0.05, 0) is 37.3 Å². The van der Waals surface area contributed by atoms with Crippen LogP contribution in [0.15, 0.2) is 65.4 Å². The Balaban J connectivity index is 1.69. The van der Waals surface area contributed by atoms with Gasteiger partial charge >= 0.3 is 0 Å². The molecule has 4 aromatic rings. The van der Waals surface area contributed by atoms with Crippen LogP contribution in [0, 0.1) is 6.92 Å². The van der Waals surface area contributed by atoms with E-state index in [0.29, 0.717) is 17.3 Å². The van der Waals surface area contributed by atoms with E-state index in [0.717, 1.165) is 26.8 Å². The number of nitrogens with two attached hydrogens (primary N) is 1. The normalized spacial score (nSPS) is 10.7. The van der Waals surface area contributed by atoms with E-state index in [1.807, 2.05) is 61.5 Å². The number of benzene rings is 2. The van der Waals surface area contributed by atoms with Gasteiger partial charge in [0.15, 0.2) is 11.6 Å². The molecule has 0 atom stereocenters. The molecule has 0 aliphatic carbocycles. The number of hydrogen-bond acceptors (Lipinski definition) is 6. The van der Waals surface area contributed by atoms with Crippen molar-refractivity contribution in [2.75, 3.05) is 11.1 Å². The summed E-state index contributed by atoms with van der Waals surface area (Å²) in [5, 5.41) is 4.17. The Morgan fingerprint density at radius 2 is 1.89 bits per heavy atom. The van der Waals surface area contributed by atoms with Crippen LogP contribution < -0.4 is 15.8 Å². The van der Waals surface area contributed by atoms with Crippen molar-refractivity contribution in [2.45, 2.75) is 6.92 Å². The van der Waals surface area contributed by atoms with E-state index in [4.69, 9.17) is 10.5 Å². The summed E-state index contributed by atoms with van der Waals surface area (Å²) in [4.78, 5) is 13.0. The molecular formula is C20H16BrN5O. The first-order valence-electron chi connectivity index (χ1n) is 8.27. The van der Waals surface area contributed by atoms with Crippen LogP contribution in [0.25, 0.3) is 10.9 Å². The SMILES string of the molecule is Cc1ccc2cccc(Oc3ncnc(Nc4cccc(Br)c4)c3N)c2n1. The van der Waals surface area contributed by atoms with Crippen molar-refractivity contribution in [2.24, 2.45) is 0 Å². The number of fused-ring (bicyclic) bond motifs is 1. The highest BCUT2D eigenvalue weighted by Crippen LogP contribution is 2.34. The lowest BCUT2D eigenvalue weighted by atomic mass is 10.2. The number of pyridine rings is 1. The number of hydrogen-bond donors (Lipinski definition) is 2. The second-order valence-corrected chi connectivity index (χ2v) is 6.87. The summed E-state index contributed by atoms with van der Waals surface area (Å²) < 4.78 is 6.94. The summed E-state index contributed by atoms with van der Waals surface area (Å²) in [6.07, 6.45) is 1.41. The molecule has 0 aliphatic rings. The van der Waals surface area contributed by atoms with Crippen LogP contribution in [-0.4, -0.2) is 15.0 Å². The number of nitrogens with one attached hydrogen (secondary N) is 1. The molecule has 0 radical (unpaired) electrons. The van der Waals surface area contributed by atoms with Crippen molar-refractivity contribution in [3.8, 4) is 11.6 Å². The van der Waals surface area contributed by atoms with Crippen LogP contribution in [0.3, 0.4) is 0 Å². The quantitative estimate of drug-likeness (QED) is 0.469. The third-order valence-electron chi connectivity index (χ3n) is 3.96. The van der Waals surface area contributed by atoms with Gasteiger partial charge in [0.05, 0.1) is 0 Å². The predicted octanol–water partition coefficient (Wildman–Crippen LogP) is 5.21. The lowest BCUT2D eigenvalue weighted by molar-refractivity contribution is 0.469. The largest absolute Gasteiger partial charge is 0.435 e. The second-order valence-electron chi connectivity index (χ2n) is 5.96. The molecule has 2 aromatic heterocycles. The fourth-order valence-electron chi connectivity index (χ4n) is 2.67. The first-order valence-corrected chi connectivity index (χ1v) is 9.07. The average molecular weight is 422 g/mol. The first kappa shape index (κ1) is 17.2. The maximum atomic E-state index is 6.25. The molecule has 2 heterocycles. The van der Waals surface area contributed by atoms with E-state index in [9.17, 15) is 0 Å². The van der Waals surface area contributed by atoms with Gasteiger partial charge in [0.2, 0.25) is 5.88 Å². The van der Waals surface area contributed by atoms with Gasteiger partial charge in [-0.1, -0.05) is 40.2 Å². The van der Waals surface area contributed by atoms with Crippen LogP contribution in [-0.2, 0) is 0 Å². The van der Waals surface area contributed by atoms with Gasteiger partial charge in [0, 0.05) is 21.2 Å². The summed E-state index contributed by atoms with van der Waals surface area (Å²) in [7, 11) is 0. The number of para-hydroxylation sites is 1. The Morgan fingerprint density at radius 3 is 2.74 bits per heavy atom. The smallest absolute Gasteiger partial charge is 0.248 e. The number of halogens is 1. The second kappa shape index (κ2) is 7.20. The Morgan fingerprint density at radius 1 is 1.04 bits per heavy atom. The number of aromatic nitrogens is 3. The Hall–Kier alpha value is -3.19. The van der Waals surface area contributed by atoms with E-state index in [-0.39, 0.29) is 5.88 Å². The molecule has 3 N–H and O–H groups in total. The molecular weight excluding hydrogens is 406 g/mol. The highest BCUT2D eigenvalue weighted by atomic mass is 79.9. The van der Waals surface area contributed by atoms with Crippen molar-refractivity contribution in [3.05, 3.63) is 71.1 Å². The lowest BCUT2D eigenvalue weighted by Gasteiger charge is -2.13. The molecule has 27 heavy (non-hydrogen) atoms. The van der Waals surface area contributed by atoms with Gasteiger partial charge in [0.1, 0.15) is 17.5 Å². The molecule has 0 bridgehead atoms. The standard InChI is InChI=1S/C20H16BrN5O/c1-12-8-9-13-4-2-7-16(18(13)25-12)27-20-17(22)19(23-11-24-20)26-15-6-3-5-14(21)10-15/h2-11H,22H2,1H3,(H,23,24,26). The third kappa shape index (κ3) is 3.68. The van der Waals surface area contributed by atoms with Crippen molar-refractivity contribution in [1.82, 2.24) is 15.0 Å². The molecule has 0 spiro atoms. The number of aryl methyl sites for hydroxylation is 1. The molecule has 4 rings (SSSR count). The summed E-state index contributed by atoms with van der Waals surface area (Å²) in [6, 6.07) is 17.4. The van der Waals surface area contributed by atoms with Crippen molar-refractivity contribution < 1.29 is 4.74 Å². The van der Waals surface area contributed by atoms with Gasteiger partial charge in [-0.2, -0.15) is 4.98 Å². The van der Waals surface area contributed by atoms with Crippen LogP contribution in [0.1, 0.15) is 5.69 Å².